The number of carboxylic acids is 1. The third-order valence-electron chi connectivity index (χ3n) is 2.98. The number of nitrogens with two attached hydrogens (primary N) is 1. The third-order valence-corrected chi connectivity index (χ3v) is 3.79. The first-order valence-corrected chi connectivity index (χ1v) is 7.04. The number of aryl methyl sites for hydroxylation is 1. The third kappa shape index (κ3) is 2.50. The molecule has 0 atom stereocenters. The molecule has 0 aliphatic carbocycles. The largest absolute Gasteiger partial charge is 0.476 e. The fourth-order valence-corrected chi connectivity index (χ4v) is 2.64. The van der Waals surface area contributed by atoms with Crippen molar-refractivity contribution in [2.75, 3.05) is 5.73 Å². The molecule has 0 bridgehead atoms. The zero-order chi connectivity index (χ0) is 15.0. The van der Waals surface area contributed by atoms with E-state index in [0.717, 1.165) is 16.8 Å². The van der Waals surface area contributed by atoms with Crippen molar-refractivity contribution in [1.29, 1.82) is 0 Å². The Kier molecular flexibility index (Phi) is 3.19. The van der Waals surface area contributed by atoms with Gasteiger partial charge in [-0.25, -0.2) is 9.78 Å². The summed E-state index contributed by atoms with van der Waals surface area (Å²) in [6.45, 7) is 2.01. The molecule has 0 fully saturated rings. The van der Waals surface area contributed by atoms with Crippen LogP contribution < -0.4 is 5.73 Å². The molecule has 3 rings (SSSR count). The van der Waals surface area contributed by atoms with Crippen LogP contribution in [0.25, 0.3) is 16.4 Å². The van der Waals surface area contributed by atoms with E-state index in [0.29, 0.717) is 10.9 Å². The van der Waals surface area contributed by atoms with Gasteiger partial charge in [0, 0.05) is 17.0 Å². The van der Waals surface area contributed by atoms with Gasteiger partial charge in [-0.3, -0.25) is 0 Å². The molecule has 0 saturated heterocycles. The van der Waals surface area contributed by atoms with Crippen LogP contribution in [0.15, 0.2) is 35.7 Å². The first kappa shape index (κ1) is 13.3. The smallest absolute Gasteiger partial charge is 0.355 e. The lowest BCUT2D eigenvalue weighted by atomic mass is 10.1. The monoisotopic (exact) mass is 300 g/mol. The van der Waals surface area contributed by atoms with Crippen LogP contribution in [0.4, 0.5) is 5.82 Å². The molecule has 7 heteroatoms. The molecule has 0 saturated carbocycles. The molecular weight excluding hydrogens is 288 g/mol. The number of aromatic nitrogens is 3. The van der Waals surface area contributed by atoms with Gasteiger partial charge in [-0.1, -0.05) is 29.8 Å². The maximum absolute atomic E-state index is 10.9. The van der Waals surface area contributed by atoms with Crippen LogP contribution in [0, 0.1) is 6.92 Å². The molecule has 2 aromatic heterocycles. The minimum absolute atomic E-state index is 0.0122. The summed E-state index contributed by atoms with van der Waals surface area (Å²) in [6.07, 6.45) is 0. The zero-order valence-electron chi connectivity index (χ0n) is 11.1. The molecule has 106 valence electrons. The molecule has 0 spiro atoms. The lowest BCUT2D eigenvalue weighted by Crippen LogP contribution is -2.03. The van der Waals surface area contributed by atoms with Crippen molar-refractivity contribution in [3.05, 3.63) is 47.0 Å². The Balaban J connectivity index is 2.00. The van der Waals surface area contributed by atoms with E-state index in [1.807, 2.05) is 31.2 Å². The van der Waals surface area contributed by atoms with Gasteiger partial charge in [0.1, 0.15) is 5.82 Å². The van der Waals surface area contributed by atoms with E-state index >= 15 is 0 Å². The Morgan fingerprint density at radius 3 is 2.67 bits per heavy atom. The summed E-state index contributed by atoms with van der Waals surface area (Å²) in [4.78, 5) is 14.9. The second-order valence-corrected chi connectivity index (χ2v) is 5.39. The Labute approximate surface area is 124 Å². The Morgan fingerprint density at radius 2 is 2.05 bits per heavy atom. The van der Waals surface area contributed by atoms with E-state index < -0.39 is 5.97 Å². The van der Waals surface area contributed by atoms with Crippen molar-refractivity contribution in [2.45, 2.75) is 6.92 Å². The fourth-order valence-electron chi connectivity index (χ4n) is 1.87. The Hall–Kier alpha value is -2.67. The number of anilines is 1. The van der Waals surface area contributed by atoms with Crippen LogP contribution in [-0.4, -0.2) is 25.8 Å². The van der Waals surface area contributed by atoms with E-state index in [9.17, 15) is 4.79 Å². The minimum Gasteiger partial charge on any atom is -0.476 e. The number of nitrogens with zero attached hydrogens (tertiary/aromatic N) is 3. The molecule has 2 heterocycles. The maximum atomic E-state index is 10.9. The van der Waals surface area contributed by atoms with Crippen LogP contribution in [0.1, 0.15) is 16.1 Å². The number of thiazole rings is 1. The van der Waals surface area contributed by atoms with E-state index in [1.54, 1.807) is 6.07 Å². The molecule has 3 aromatic rings. The van der Waals surface area contributed by atoms with Gasteiger partial charge >= 0.3 is 5.97 Å². The number of nitrogen functional groups attached to an aromatic ring is 1. The number of hydrogen-bond acceptors (Lipinski definition) is 5. The first-order chi connectivity index (χ1) is 10.0. The summed E-state index contributed by atoms with van der Waals surface area (Å²) in [7, 11) is 0. The number of rotatable bonds is 3. The van der Waals surface area contributed by atoms with Crippen molar-refractivity contribution < 1.29 is 9.90 Å². The summed E-state index contributed by atoms with van der Waals surface area (Å²) in [5, 5.41) is 15.2. The van der Waals surface area contributed by atoms with Crippen molar-refractivity contribution in [3.8, 4) is 16.4 Å². The van der Waals surface area contributed by atoms with Gasteiger partial charge in [-0.05, 0) is 6.92 Å². The maximum Gasteiger partial charge on any atom is 0.355 e. The van der Waals surface area contributed by atoms with Crippen molar-refractivity contribution in [3.63, 3.8) is 0 Å². The Bertz CT molecular complexity index is 805. The normalized spacial score (nSPS) is 10.7. The molecule has 0 amide bonds. The Morgan fingerprint density at radius 1 is 1.33 bits per heavy atom. The highest BCUT2D eigenvalue weighted by Crippen LogP contribution is 2.24. The second-order valence-electron chi connectivity index (χ2n) is 4.55. The van der Waals surface area contributed by atoms with Gasteiger partial charge in [-0.2, -0.15) is 9.78 Å². The highest BCUT2D eigenvalue weighted by Gasteiger charge is 2.14. The summed E-state index contributed by atoms with van der Waals surface area (Å²) in [5.74, 6) is -0.654. The molecular formula is C14H12N4O2S. The summed E-state index contributed by atoms with van der Waals surface area (Å²) >= 11 is 1.18. The van der Waals surface area contributed by atoms with Crippen LogP contribution in [0.5, 0.6) is 0 Å². The van der Waals surface area contributed by atoms with Crippen LogP contribution in [0.2, 0.25) is 0 Å². The van der Waals surface area contributed by atoms with Gasteiger partial charge < -0.3 is 10.8 Å². The van der Waals surface area contributed by atoms with E-state index in [2.05, 4.69) is 10.1 Å². The highest BCUT2D eigenvalue weighted by atomic mass is 32.1. The first-order valence-electron chi connectivity index (χ1n) is 6.16. The number of benzene rings is 1. The molecule has 6 nitrogen and oxygen atoms in total. The molecule has 21 heavy (non-hydrogen) atoms. The number of hydrogen-bond donors (Lipinski definition) is 2. The standard InChI is InChI=1S/C14H12N4O2S/c1-8-2-4-9(5-3-8)10-6-12(15)18(17-10)14-16-11(7-21-14)13(19)20/h2-7H,15H2,1H3,(H,19,20). The summed E-state index contributed by atoms with van der Waals surface area (Å²) in [6, 6.07) is 9.66. The van der Waals surface area contributed by atoms with E-state index in [4.69, 9.17) is 10.8 Å². The number of carboxylic acid groups (broad SMARTS) is 1. The fraction of sp³-hybridized carbons (Fsp3) is 0.0714. The lowest BCUT2D eigenvalue weighted by Gasteiger charge is -1.98. The second kappa shape index (κ2) is 5.02. The highest BCUT2D eigenvalue weighted by molar-refractivity contribution is 7.12. The summed E-state index contributed by atoms with van der Waals surface area (Å²) in [5.41, 5.74) is 8.76. The topological polar surface area (TPSA) is 94.0 Å². The molecule has 0 aliphatic rings. The van der Waals surface area contributed by atoms with Gasteiger partial charge in [0.15, 0.2) is 5.69 Å². The van der Waals surface area contributed by atoms with Gasteiger partial charge in [-0.15, -0.1) is 11.3 Å². The molecule has 0 radical (unpaired) electrons. The predicted molar refractivity (Wildman–Crippen MR) is 80.8 cm³/mol. The van der Waals surface area contributed by atoms with Crippen molar-refractivity contribution >= 4 is 23.1 Å². The van der Waals surface area contributed by atoms with Gasteiger partial charge in [0.2, 0.25) is 5.13 Å². The number of carbonyl (C=O) groups is 1. The van der Waals surface area contributed by atoms with Crippen LogP contribution in [-0.2, 0) is 0 Å². The SMILES string of the molecule is Cc1ccc(-c2cc(N)n(-c3nc(C(=O)O)cs3)n2)cc1. The minimum atomic E-state index is -1.07. The predicted octanol–water partition coefficient (Wildman–Crippen LogP) is 2.58. The van der Waals surface area contributed by atoms with Crippen LogP contribution >= 0.6 is 11.3 Å². The van der Waals surface area contributed by atoms with E-state index in [-0.39, 0.29) is 5.69 Å². The lowest BCUT2D eigenvalue weighted by molar-refractivity contribution is 0.0691. The molecule has 0 unspecified atom stereocenters. The average Bonchev–Trinajstić information content (AvgIpc) is 3.06. The average molecular weight is 300 g/mol. The van der Waals surface area contributed by atoms with Crippen LogP contribution in [0.3, 0.4) is 0 Å². The molecule has 3 N–H and O–H groups in total. The van der Waals surface area contributed by atoms with Gasteiger partial charge in [0.05, 0.1) is 5.69 Å². The van der Waals surface area contributed by atoms with Crippen molar-refractivity contribution in [2.24, 2.45) is 0 Å². The van der Waals surface area contributed by atoms with E-state index in [1.165, 1.54) is 21.4 Å². The molecule has 1 aromatic carbocycles. The zero-order valence-corrected chi connectivity index (χ0v) is 12.0. The number of aromatic carboxylic acids is 1. The quantitative estimate of drug-likeness (QED) is 0.775. The summed E-state index contributed by atoms with van der Waals surface area (Å²) < 4.78 is 1.45. The van der Waals surface area contributed by atoms with Crippen molar-refractivity contribution in [1.82, 2.24) is 14.8 Å². The molecule has 0 aliphatic heterocycles. The van der Waals surface area contributed by atoms with Gasteiger partial charge in [0.25, 0.3) is 0 Å².